The second-order valence-corrected chi connectivity index (χ2v) is 5.06. The maximum Gasteiger partial charge on any atom is 0.305 e. The van der Waals surface area contributed by atoms with Crippen molar-refractivity contribution in [3.8, 4) is 5.75 Å². The van der Waals surface area contributed by atoms with Crippen molar-refractivity contribution in [3.05, 3.63) is 53.3 Å². The number of nitrogens with one attached hydrogen (secondary N) is 1. The summed E-state index contributed by atoms with van der Waals surface area (Å²) in [6.45, 7) is 2.56. The van der Waals surface area contributed by atoms with E-state index in [1.54, 1.807) is 0 Å². The van der Waals surface area contributed by atoms with Gasteiger partial charge in [0.2, 0.25) is 0 Å². The zero-order valence-electron chi connectivity index (χ0n) is 13.0. The maximum absolute atomic E-state index is 11.0. The predicted molar refractivity (Wildman–Crippen MR) is 87.6 cm³/mol. The molecule has 0 saturated heterocycles. The van der Waals surface area contributed by atoms with Crippen LogP contribution < -0.4 is 4.74 Å². The van der Waals surface area contributed by atoms with Gasteiger partial charge in [-0.1, -0.05) is 18.2 Å². The quantitative estimate of drug-likeness (QED) is 0.624. The molecule has 2 aromatic rings. The Kier molecular flexibility index (Phi) is 5.83. The molecule has 1 N–H and O–H groups in total. The van der Waals surface area contributed by atoms with E-state index in [0.29, 0.717) is 19.4 Å². The number of carbonyl (C=O) groups excluding carboxylic acids is 1. The van der Waals surface area contributed by atoms with Crippen molar-refractivity contribution in [1.29, 1.82) is 0 Å². The summed E-state index contributed by atoms with van der Waals surface area (Å²) in [4.78, 5) is 14.2. The first-order valence-corrected chi connectivity index (χ1v) is 7.30. The molecule has 0 bridgehead atoms. The Morgan fingerprint density at radius 1 is 1.23 bits per heavy atom. The Bertz CT molecular complexity index is 626. The minimum Gasteiger partial charge on any atom is -0.494 e. The average molecular weight is 299 g/mol. The van der Waals surface area contributed by atoms with Crippen molar-refractivity contribution >= 4 is 18.1 Å². The second-order valence-electron chi connectivity index (χ2n) is 5.06. The summed E-state index contributed by atoms with van der Waals surface area (Å²) in [6.07, 6.45) is 7.10. The van der Waals surface area contributed by atoms with Gasteiger partial charge in [0.05, 0.1) is 13.7 Å². The van der Waals surface area contributed by atoms with Gasteiger partial charge in [-0.15, -0.1) is 0 Å². The molecule has 0 aliphatic heterocycles. The van der Waals surface area contributed by atoms with Gasteiger partial charge in [0.15, 0.2) is 0 Å². The van der Waals surface area contributed by atoms with Crippen LogP contribution >= 0.6 is 0 Å². The molecule has 0 amide bonds. The molecule has 1 heterocycles. The summed E-state index contributed by atoms with van der Waals surface area (Å²) in [7, 11) is 1.39. The number of ether oxygens (including phenoxy) is 2. The topological polar surface area (TPSA) is 51.3 Å². The van der Waals surface area contributed by atoms with Crippen LogP contribution in [-0.4, -0.2) is 24.7 Å². The second kappa shape index (κ2) is 8.08. The summed E-state index contributed by atoms with van der Waals surface area (Å²) in [5.41, 5.74) is 3.41. The van der Waals surface area contributed by atoms with Gasteiger partial charge in [-0.2, -0.15) is 0 Å². The van der Waals surface area contributed by atoms with Crippen LogP contribution in [0.1, 0.15) is 29.7 Å². The number of rotatable bonds is 7. The number of H-pyrrole nitrogens is 1. The summed E-state index contributed by atoms with van der Waals surface area (Å²) >= 11 is 0. The number of esters is 1. The lowest BCUT2D eigenvalue weighted by Gasteiger charge is -2.05. The van der Waals surface area contributed by atoms with E-state index in [-0.39, 0.29) is 5.97 Å². The number of hydrogen-bond acceptors (Lipinski definition) is 3. The number of aryl methyl sites for hydroxylation is 1. The van der Waals surface area contributed by atoms with Crippen LogP contribution in [0.4, 0.5) is 0 Å². The summed E-state index contributed by atoms with van der Waals surface area (Å²) in [5.74, 6) is 0.598. The third-order valence-electron chi connectivity index (χ3n) is 3.21. The van der Waals surface area contributed by atoms with Gasteiger partial charge in [0.1, 0.15) is 5.75 Å². The van der Waals surface area contributed by atoms with Gasteiger partial charge in [-0.25, -0.2) is 0 Å². The molecular weight excluding hydrogens is 278 g/mol. The van der Waals surface area contributed by atoms with E-state index in [9.17, 15) is 4.79 Å². The van der Waals surface area contributed by atoms with Gasteiger partial charge in [0.25, 0.3) is 0 Å². The summed E-state index contributed by atoms with van der Waals surface area (Å²) < 4.78 is 10.2. The molecule has 0 radical (unpaired) electrons. The van der Waals surface area contributed by atoms with Crippen molar-refractivity contribution in [2.75, 3.05) is 13.7 Å². The highest BCUT2D eigenvalue weighted by atomic mass is 16.5. The van der Waals surface area contributed by atoms with Gasteiger partial charge < -0.3 is 14.5 Å². The van der Waals surface area contributed by atoms with Crippen LogP contribution in [0, 0.1) is 6.92 Å². The van der Waals surface area contributed by atoms with Crippen molar-refractivity contribution in [3.63, 3.8) is 0 Å². The molecule has 4 nitrogen and oxygen atoms in total. The van der Waals surface area contributed by atoms with E-state index in [1.165, 1.54) is 12.7 Å². The monoisotopic (exact) mass is 299 g/mol. The highest BCUT2D eigenvalue weighted by Gasteiger charge is 2.00. The van der Waals surface area contributed by atoms with Crippen molar-refractivity contribution in [2.45, 2.75) is 19.8 Å². The third kappa shape index (κ3) is 5.13. The first-order chi connectivity index (χ1) is 10.7. The lowest BCUT2D eigenvalue weighted by atomic mass is 10.2. The molecule has 0 saturated carbocycles. The van der Waals surface area contributed by atoms with Crippen molar-refractivity contribution in [2.24, 2.45) is 0 Å². The smallest absolute Gasteiger partial charge is 0.305 e. The fraction of sp³-hybridized carbons (Fsp3) is 0.278. The van der Waals surface area contributed by atoms with Crippen LogP contribution in [0.2, 0.25) is 0 Å². The van der Waals surface area contributed by atoms with Gasteiger partial charge >= 0.3 is 5.97 Å². The lowest BCUT2D eigenvalue weighted by molar-refractivity contribution is -0.140. The van der Waals surface area contributed by atoms with Crippen LogP contribution in [0.25, 0.3) is 12.2 Å². The van der Waals surface area contributed by atoms with Crippen LogP contribution in [0.5, 0.6) is 5.75 Å². The number of aromatic nitrogens is 1. The highest BCUT2D eigenvalue weighted by Crippen LogP contribution is 2.15. The summed E-state index contributed by atoms with van der Waals surface area (Å²) in [6, 6.07) is 9.95. The zero-order chi connectivity index (χ0) is 15.8. The fourth-order valence-corrected chi connectivity index (χ4v) is 1.99. The van der Waals surface area contributed by atoms with Gasteiger partial charge in [0, 0.05) is 18.3 Å². The first kappa shape index (κ1) is 15.9. The van der Waals surface area contributed by atoms with Crippen LogP contribution in [0.3, 0.4) is 0 Å². The Hall–Kier alpha value is -2.49. The minimum atomic E-state index is -0.205. The predicted octanol–water partition coefficient (Wildman–Crippen LogP) is 3.83. The average Bonchev–Trinajstić information content (AvgIpc) is 2.96. The molecule has 22 heavy (non-hydrogen) atoms. The normalized spacial score (nSPS) is 10.8. The summed E-state index contributed by atoms with van der Waals surface area (Å²) in [5, 5.41) is 0. The zero-order valence-corrected chi connectivity index (χ0v) is 13.0. The number of carbonyl (C=O) groups is 1. The first-order valence-electron chi connectivity index (χ1n) is 7.30. The lowest BCUT2D eigenvalue weighted by Crippen LogP contribution is -2.04. The number of methoxy groups -OCH3 is 1. The van der Waals surface area contributed by atoms with Crippen molar-refractivity contribution in [1.82, 2.24) is 4.98 Å². The maximum atomic E-state index is 11.0. The molecule has 1 aromatic carbocycles. The molecular formula is C18H21NO3. The van der Waals surface area contributed by atoms with E-state index in [0.717, 1.165) is 17.0 Å². The molecule has 0 spiro atoms. The molecule has 4 heteroatoms. The molecule has 116 valence electrons. The highest BCUT2D eigenvalue weighted by molar-refractivity contribution is 5.69. The molecule has 1 aromatic heterocycles. The molecule has 0 unspecified atom stereocenters. The SMILES string of the molecule is COC(=O)CCCOc1ccc(C=Cc2cc(C)c[nH]2)cc1. The van der Waals surface area contributed by atoms with E-state index >= 15 is 0 Å². The molecule has 0 aliphatic carbocycles. The molecule has 0 aliphatic rings. The molecule has 2 rings (SSSR count). The standard InChI is InChI=1S/C18H21NO3/c1-14-12-16(19-13-14)8-5-15-6-9-17(10-7-15)22-11-3-4-18(20)21-2/h5-10,12-13,19H,3-4,11H2,1-2H3. The Morgan fingerprint density at radius 2 is 2.00 bits per heavy atom. The largest absolute Gasteiger partial charge is 0.494 e. The number of hydrogen-bond donors (Lipinski definition) is 1. The Labute approximate surface area is 130 Å². The molecule has 0 atom stereocenters. The van der Waals surface area contributed by atoms with Crippen molar-refractivity contribution < 1.29 is 14.3 Å². The van der Waals surface area contributed by atoms with Gasteiger partial charge in [-0.3, -0.25) is 4.79 Å². The Balaban J connectivity index is 1.80. The number of aromatic amines is 1. The van der Waals surface area contributed by atoms with E-state index in [1.807, 2.05) is 42.6 Å². The fourth-order valence-electron chi connectivity index (χ4n) is 1.99. The number of benzene rings is 1. The van der Waals surface area contributed by atoms with E-state index < -0.39 is 0 Å². The van der Waals surface area contributed by atoms with E-state index in [4.69, 9.17) is 4.74 Å². The Morgan fingerprint density at radius 3 is 2.64 bits per heavy atom. The van der Waals surface area contributed by atoms with Crippen LogP contribution in [-0.2, 0) is 9.53 Å². The minimum absolute atomic E-state index is 0.205. The van der Waals surface area contributed by atoms with Crippen LogP contribution in [0.15, 0.2) is 36.5 Å². The van der Waals surface area contributed by atoms with Gasteiger partial charge in [-0.05, 0) is 48.7 Å². The van der Waals surface area contributed by atoms with E-state index in [2.05, 4.69) is 22.7 Å². The third-order valence-corrected chi connectivity index (χ3v) is 3.21. The molecule has 0 fully saturated rings.